The van der Waals surface area contributed by atoms with Gasteiger partial charge in [0.1, 0.15) is 12.4 Å². The van der Waals surface area contributed by atoms with Gasteiger partial charge in [0.05, 0.1) is 13.2 Å². The highest BCUT2D eigenvalue weighted by molar-refractivity contribution is 5.79. The number of fused-ring (bicyclic) bond motifs is 1. The number of aryl methyl sites for hydroxylation is 1. The van der Waals surface area contributed by atoms with Gasteiger partial charge in [-0.05, 0) is 25.7 Å². The van der Waals surface area contributed by atoms with Crippen molar-refractivity contribution in [3.63, 3.8) is 0 Å². The summed E-state index contributed by atoms with van der Waals surface area (Å²) in [6.45, 7) is 13.8. The monoisotopic (exact) mass is 419 g/mol. The smallest absolute Gasteiger partial charge is 0.191 e. The van der Waals surface area contributed by atoms with Crippen LogP contribution in [0.25, 0.3) is 0 Å². The van der Waals surface area contributed by atoms with Gasteiger partial charge < -0.3 is 19.9 Å². The van der Waals surface area contributed by atoms with Crippen molar-refractivity contribution in [2.45, 2.75) is 78.4 Å². The number of hydrogen-bond acceptors (Lipinski definition) is 5. The molecule has 1 aromatic rings. The first-order chi connectivity index (χ1) is 14.8. The predicted molar refractivity (Wildman–Crippen MR) is 121 cm³/mol. The van der Waals surface area contributed by atoms with Crippen LogP contribution in [-0.2, 0) is 24.2 Å². The summed E-state index contributed by atoms with van der Waals surface area (Å²) in [5.74, 6) is 3.64. The molecule has 8 nitrogen and oxygen atoms in total. The molecule has 170 valence electrons. The third kappa shape index (κ3) is 6.17. The molecule has 1 saturated heterocycles. The van der Waals surface area contributed by atoms with Gasteiger partial charge in [0.25, 0.3) is 0 Å². The second-order valence-corrected chi connectivity index (χ2v) is 8.36. The minimum atomic E-state index is 0.497. The van der Waals surface area contributed by atoms with Crippen LogP contribution in [0.15, 0.2) is 4.99 Å². The van der Waals surface area contributed by atoms with Crippen molar-refractivity contribution in [2.24, 2.45) is 10.9 Å². The Labute approximate surface area is 181 Å². The van der Waals surface area contributed by atoms with Crippen LogP contribution in [0.5, 0.6) is 0 Å². The average Bonchev–Trinajstić information content (AvgIpc) is 3.01. The van der Waals surface area contributed by atoms with E-state index in [1.165, 1.54) is 32.1 Å². The Balaban J connectivity index is 1.65. The third-order valence-electron chi connectivity index (χ3n) is 6.50. The number of nitrogens with zero attached hydrogens (tertiary/aromatic N) is 5. The van der Waals surface area contributed by atoms with E-state index in [4.69, 9.17) is 9.73 Å². The highest BCUT2D eigenvalue weighted by Gasteiger charge is 2.27. The van der Waals surface area contributed by atoms with Gasteiger partial charge in [0.2, 0.25) is 0 Å². The highest BCUT2D eigenvalue weighted by Crippen LogP contribution is 2.20. The van der Waals surface area contributed by atoms with Gasteiger partial charge in [-0.2, -0.15) is 0 Å². The summed E-state index contributed by atoms with van der Waals surface area (Å²) in [4.78, 5) is 7.44. The molecule has 0 bridgehead atoms. The van der Waals surface area contributed by atoms with Crippen LogP contribution in [0.2, 0.25) is 0 Å². The molecule has 0 radical (unpaired) electrons. The van der Waals surface area contributed by atoms with Crippen LogP contribution in [0.3, 0.4) is 0 Å². The summed E-state index contributed by atoms with van der Waals surface area (Å²) >= 11 is 0. The largest absolute Gasteiger partial charge is 0.379 e. The van der Waals surface area contributed by atoms with Gasteiger partial charge in [-0.15, -0.1) is 10.2 Å². The Bertz CT molecular complexity index is 650. The summed E-state index contributed by atoms with van der Waals surface area (Å²) in [6, 6.07) is 0.497. The summed E-state index contributed by atoms with van der Waals surface area (Å²) in [5.41, 5.74) is 0. The lowest BCUT2D eigenvalue weighted by atomic mass is 9.92. The average molecular weight is 420 g/mol. The van der Waals surface area contributed by atoms with Crippen LogP contribution >= 0.6 is 0 Å². The van der Waals surface area contributed by atoms with Crippen LogP contribution in [0, 0.1) is 5.92 Å². The Morgan fingerprint density at radius 1 is 1.03 bits per heavy atom. The standard InChI is InChI=1S/C22H41N7O/c1-4-18(5-2)19(28-12-14-30-15-13-28)16-24-22(23-6-3)25-17-21-27-26-20-10-8-7-9-11-29(20)21/h18-19H,4-17H2,1-3H3,(H2,23,24,25). The fourth-order valence-electron chi connectivity index (χ4n) is 4.69. The molecule has 8 heteroatoms. The van der Waals surface area contributed by atoms with Crippen molar-refractivity contribution in [3.05, 3.63) is 11.6 Å². The third-order valence-corrected chi connectivity index (χ3v) is 6.50. The molecule has 0 aliphatic carbocycles. The Hall–Kier alpha value is -1.67. The maximum absolute atomic E-state index is 5.58. The first kappa shape index (κ1) is 23.0. The second-order valence-electron chi connectivity index (χ2n) is 8.36. The fraction of sp³-hybridized carbons (Fsp3) is 0.864. The van der Waals surface area contributed by atoms with E-state index >= 15 is 0 Å². The van der Waals surface area contributed by atoms with Crippen molar-refractivity contribution >= 4 is 5.96 Å². The van der Waals surface area contributed by atoms with E-state index in [9.17, 15) is 0 Å². The SMILES string of the molecule is CCNC(=NCc1nnc2n1CCCCC2)NCC(C(CC)CC)N1CCOCC1. The zero-order chi connectivity index (χ0) is 21.2. The van der Waals surface area contributed by atoms with Crippen LogP contribution in [-0.4, -0.2) is 71.1 Å². The number of guanidine groups is 1. The van der Waals surface area contributed by atoms with Crippen molar-refractivity contribution in [1.29, 1.82) is 0 Å². The number of nitrogens with one attached hydrogen (secondary N) is 2. The van der Waals surface area contributed by atoms with Crippen molar-refractivity contribution < 1.29 is 4.74 Å². The van der Waals surface area contributed by atoms with E-state index in [1.807, 2.05) is 0 Å². The van der Waals surface area contributed by atoms with Gasteiger partial charge in [-0.1, -0.05) is 33.1 Å². The lowest BCUT2D eigenvalue weighted by Gasteiger charge is -2.39. The molecule has 2 aliphatic rings. The van der Waals surface area contributed by atoms with Crippen molar-refractivity contribution in [3.8, 4) is 0 Å². The lowest BCUT2D eigenvalue weighted by Crippen LogP contribution is -2.53. The molecule has 3 heterocycles. The first-order valence-electron chi connectivity index (χ1n) is 12.0. The maximum atomic E-state index is 5.58. The molecule has 30 heavy (non-hydrogen) atoms. The fourth-order valence-corrected chi connectivity index (χ4v) is 4.69. The van der Waals surface area contributed by atoms with E-state index < -0.39 is 0 Å². The predicted octanol–water partition coefficient (Wildman–Crippen LogP) is 2.20. The minimum absolute atomic E-state index is 0.497. The molecule has 0 spiro atoms. The molecule has 0 aromatic carbocycles. The zero-order valence-corrected chi connectivity index (χ0v) is 19.2. The normalized spacial score (nSPS) is 19.4. The second kappa shape index (κ2) is 12.2. The molecular weight excluding hydrogens is 378 g/mol. The highest BCUT2D eigenvalue weighted by atomic mass is 16.5. The summed E-state index contributed by atoms with van der Waals surface area (Å²) in [6.07, 6.45) is 7.11. The van der Waals surface area contributed by atoms with Crippen LogP contribution in [0.1, 0.15) is 64.5 Å². The van der Waals surface area contributed by atoms with Crippen LogP contribution < -0.4 is 10.6 Å². The number of ether oxygens (including phenoxy) is 1. The Morgan fingerprint density at radius 2 is 1.83 bits per heavy atom. The van der Waals surface area contributed by atoms with Crippen molar-refractivity contribution in [2.75, 3.05) is 39.4 Å². The molecule has 2 N–H and O–H groups in total. The quantitative estimate of drug-likeness (QED) is 0.472. The number of rotatable bonds is 9. The van der Waals surface area contributed by atoms with Gasteiger partial charge >= 0.3 is 0 Å². The number of aliphatic imine (C=N–C) groups is 1. The molecule has 3 rings (SSSR count). The van der Waals surface area contributed by atoms with Gasteiger partial charge in [0, 0.05) is 45.2 Å². The van der Waals surface area contributed by atoms with E-state index in [-0.39, 0.29) is 0 Å². The number of aromatic nitrogens is 3. The van der Waals surface area contributed by atoms with Gasteiger partial charge in [-0.3, -0.25) is 4.90 Å². The molecule has 0 amide bonds. The summed E-state index contributed by atoms with van der Waals surface area (Å²) < 4.78 is 7.86. The van der Waals surface area contributed by atoms with Crippen LogP contribution in [0.4, 0.5) is 0 Å². The number of hydrogen-bond donors (Lipinski definition) is 2. The van der Waals surface area contributed by atoms with E-state index in [0.717, 1.165) is 70.0 Å². The molecule has 1 unspecified atom stereocenters. The van der Waals surface area contributed by atoms with E-state index in [1.54, 1.807) is 0 Å². The molecule has 0 saturated carbocycles. The topological polar surface area (TPSA) is 79.6 Å². The van der Waals surface area contributed by atoms with E-state index in [0.29, 0.717) is 18.5 Å². The molecular formula is C22H41N7O. The molecule has 1 fully saturated rings. The summed E-state index contributed by atoms with van der Waals surface area (Å²) in [5, 5.41) is 15.9. The number of morpholine rings is 1. The molecule has 2 aliphatic heterocycles. The van der Waals surface area contributed by atoms with Crippen molar-refractivity contribution in [1.82, 2.24) is 30.3 Å². The van der Waals surface area contributed by atoms with E-state index in [2.05, 4.69) is 51.1 Å². The van der Waals surface area contributed by atoms with Gasteiger partial charge in [0.15, 0.2) is 11.8 Å². The minimum Gasteiger partial charge on any atom is -0.379 e. The Morgan fingerprint density at radius 3 is 2.57 bits per heavy atom. The lowest BCUT2D eigenvalue weighted by molar-refractivity contribution is 0.00272. The first-order valence-corrected chi connectivity index (χ1v) is 12.0. The maximum Gasteiger partial charge on any atom is 0.191 e. The molecule has 1 aromatic heterocycles. The summed E-state index contributed by atoms with van der Waals surface area (Å²) in [7, 11) is 0. The molecule has 1 atom stereocenters. The van der Waals surface area contributed by atoms with Gasteiger partial charge in [-0.25, -0.2) is 4.99 Å². The Kier molecular flexibility index (Phi) is 9.39. The zero-order valence-electron chi connectivity index (χ0n) is 19.2.